The Morgan fingerprint density at radius 3 is 2.65 bits per heavy atom. The van der Waals surface area contributed by atoms with E-state index < -0.39 is 18.0 Å². The standard InChI is InChI=1S/C14H18F3N3O3/c15-14(16,17)23-12-8-10(7-11(18)9-12)13(21)19-1-2-20-3-5-22-6-4-20/h7-9H,1-6,18H2,(H,19,21). The predicted molar refractivity (Wildman–Crippen MR) is 77.1 cm³/mol. The SMILES string of the molecule is Nc1cc(OC(F)(F)F)cc(C(=O)NCCN2CCOCC2)c1. The number of carbonyl (C=O) groups excluding carboxylic acids is 1. The number of carbonyl (C=O) groups is 1. The average Bonchev–Trinajstić information content (AvgIpc) is 2.45. The van der Waals surface area contributed by atoms with E-state index in [9.17, 15) is 18.0 Å². The normalized spacial score (nSPS) is 16.1. The Kier molecular flexibility index (Phi) is 5.67. The number of nitrogens with two attached hydrogens (primary N) is 1. The summed E-state index contributed by atoms with van der Waals surface area (Å²) in [5.74, 6) is -1.02. The number of ether oxygens (including phenoxy) is 2. The molecule has 1 aliphatic heterocycles. The van der Waals surface area contributed by atoms with Crippen molar-refractivity contribution in [1.82, 2.24) is 10.2 Å². The number of hydrogen-bond acceptors (Lipinski definition) is 5. The van der Waals surface area contributed by atoms with Gasteiger partial charge in [0, 0.05) is 43.5 Å². The van der Waals surface area contributed by atoms with Crippen LogP contribution < -0.4 is 15.8 Å². The lowest BCUT2D eigenvalue weighted by Crippen LogP contribution is -2.41. The highest BCUT2D eigenvalue weighted by Gasteiger charge is 2.31. The first kappa shape index (κ1) is 17.4. The molecule has 9 heteroatoms. The van der Waals surface area contributed by atoms with Gasteiger partial charge in [-0.05, 0) is 12.1 Å². The van der Waals surface area contributed by atoms with Gasteiger partial charge < -0.3 is 20.5 Å². The maximum absolute atomic E-state index is 12.2. The molecule has 1 aromatic rings. The molecular formula is C14H18F3N3O3. The number of hydrogen-bond donors (Lipinski definition) is 2. The summed E-state index contributed by atoms with van der Waals surface area (Å²) in [5, 5.41) is 2.65. The van der Waals surface area contributed by atoms with Gasteiger partial charge in [-0.25, -0.2) is 0 Å². The Morgan fingerprint density at radius 1 is 1.30 bits per heavy atom. The Hall–Kier alpha value is -2.00. The number of morpholine rings is 1. The average molecular weight is 333 g/mol. The fourth-order valence-corrected chi connectivity index (χ4v) is 2.20. The van der Waals surface area contributed by atoms with Gasteiger partial charge in [0.25, 0.3) is 5.91 Å². The van der Waals surface area contributed by atoms with E-state index in [-0.39, 0.29) is 11.3 Å². The van der Waals surface area contributed by atoms with Gasteiger partial charge in [-0.15, -0.1) is 13.2 Å². The molecule has 1 aliphatic rings. The molecule has 0 aromatic heterocycles. The summed E-state index contributed by atoms with van der Waals surface area (Å²) in [6.07, 6.45) is -4.84. The second-order valence-electron chi connectivity index (χ2n) is 5.05. The van der Waals surface area contributed by atoms with Crippen LogP contribution in [0.25, 0.3) is 0 Å². The summed E-state index contributed by atoms with van der Waals surface area (Å²) >= 11 is 0. The number of halogens is 3. The maximum Gasteiger partial charge on any atom is 0.573 e. The van der Waals surface area contributed by atoms with Crippen molar-refractivity contribution >= 4 is 11.6 Å². The zero-order chi connectivity index (χ0) is 16.9. The quantitative estimate of drug-likeness (QED) is 0.793. The van der Waals surface area contributed by atoms with E-state index in [1.807, 2.05) is 0 Å². The molecule has 0 atom stereocenters. The van der Waals surface area contributed by atoms with Crippen LogP contribution >= 0.6 is 0 Å². The van der Waals surface area contributed by atoms with Crippen LogP contribution in [0.1, 0.15) is 10.4 Å². The second kappa shape index (κ2) is 7.51. The van der Waals surface area contributed by atoms with Gasteiger partial charge in [-0.3, -0.25) is 9.69 Å². The maximum atomic E-state index is 12.2. The summed E-state index contributed by atoms with van der Waals surface area (Å²) in [4.78, 5) is 14.1. The van der Waals surface area contributed by atoms with Gasteiger partial charge in [0.05, 0.1) is 13.2 Å². The van der Waals surface area contributed by atoms with Crippen LogP contribution in [0.3, 0.4) is 0 Å². The van der Waals surface area contributed by atoms with Gasteiger partial charge in [0.1, 0.15) is 5.75 Å². The minimum atomic E-state index is -4.84. The van der Waals surface area contributed by atoms with Crippen LogP contribution in [0.5, 0.6) is 5.75 Å². The molecule has 1 heterocycles. The third-order valence-corrected chi connectivity index (χ3v) is 3.24. The van der Waals surface area contributed by atoms with Crippen LogP contribution in [0, 0.1) is 0 Å². The summed E-state index contributed by atoms with van der Waals surface area (Å²) in [6.45, 7) is 3.91. The molecule has 6 nitrogen and oxygen atoms in total. The van der Waals surface area contributed by atoms with E-state index >= 15 is 0 Å². The number of alkyl halides is 3. The van der Waals surface area contributed by atoms with E-state index in [4.69, 9.17) is 10.5 Å². The minimum Gasteiger partial charge on any atom is -0.406 e. The third-order valence-electron chi connectivity index (χ3n) is 3.24. The fraction of sp³-hybridized carbons (Fsp3) is 0.500. The van der Waals surface area contributed by atoms with Crippen molar-refractivity contribution in [3.63, 3.8) is 0 Å². The molecule has 1 fully saturated rings. The zero-order valence-corrected chi connectivity index (χ0v) is 12.4. The Morgan fingerprint density at radius 2 is 2.00 bits per heavy atom. The summed E-state index contributed by atoms with van der Waals surface area (Å²) < 4.78 is 45.7. The van der Waals surface area contributed by atoms with Crippen molar-refractivity contribution in [2.75, 3.05) is 45.1 Å². The van der Waals surface area contributed by atoms with Crippen molar-refractivity contribution in [1.29, 1.82) is 0 Å². The Balaban J connectivity index is 1.90. The first-order valence-electron chi connectivity index (χ1n) is 7.08. The summed E-state index contributed by atoms with van der Waals surface area (Å²) in [6, 6.07) is 3.32. The van der Waals surface area contributed by atoms with Gasteiger partial charge in [0.15, 0.2) is 0 Å². The van der Waals surface area contributed by atoms with Crippen LogP contribution in [0.2, 0.25) is 0 Å². The minimum absolute atomic E-state index is 0.0186. The van der Waals surface area contributed by atoms with Gasteiger partial charge in [-0.1, -0.05) is 0 Å². The van der Waals surface area contributed by atoms with Crippen molar-refractivity contribution in [3.8, 4) is 5.75 Å². The molecule has 0 saturated carbocycles. The molecule has 0 unspecified atom stereocenters. The molecule has 0 radical (unpaired) electrons. The van der Waals surface area contributed by atoms with Crippen LogP contribution in [-0.4, -0.2) is 56.6 Å². The van der Waals surface area contributed by atoms with E-state index in [1.54, 1.807) is 0 Å². The fourth-order valence-electron chi connectivity index (χ4n) is 2.20. The summed E-state index contributed by atoms with van der Waals surface area (Å²) in [5.41, 5.74) is 5.55. The molecule has 0 spiro atoms. The Bertz CT molecular complexity index is 546. The monoisotopic (exact) mass is 333 g/mol. The lowest BCUT2D eigenvalue weighted by atomic mass is 10.1. The van der Waals surface area contributed by atoms with Crippen LogP contribution in [0.4, 0.5) is 18.9 Å². The largest absolute Gasteiger partial charge is 0.573 e. The van der Waals surface area contributed by atoms with E-state index in [0.717, 1.165) is 25.2 Å². The van der Waals surface area contributed by atoms with Crippen molar-refractivity contribution in [2.45, 2.75) is 6.36 Å². The third kappa shape index (κ3) is 5.95. The van der Waals surface area contributed by atoms with Gasteiger partial charge in [0.2, 0.25) is 0 Å². The highest BCUT2D eigenvalue weighted by molar-refractivity contribution is 5.95. The molecule has 0 aliphatic carbocycles. The number of amides is 1. The Labute approximate surface area is 131 Å². The predicted octanol–water partition coefficient (Wildman–Crippen LogP) is 1.23. The number of anilines is 1. The van der Waals surface area contributed by atoms with Crippen LogP contribution in [0.15, 0.2) is 18.2 Å². The second-order valence-corrected chi connectivity index (χ2v) is 5.05. The molecule has 23 heavy (non-hydrogen) atoms. The summed E-state index contributed by atoms with van der Waals surface area (Å²) in [7, 11) is 0. The molecule has 3 N–H and O–H groups in total. The molecule has 128 valence electrons. The number of rotatable bonds is 5. The van der Waals surface area contributed by atoms with Gasteiger partial charge in [-0.2, -0.15) is 0 Å². The van der Waals surface area contributed by atoms with E-state index in [1.165, 1.54) is 6.07 Å². The lowest BCUT2D eigenvalue weighted by molar-refractivity contribution is -0.274. The highest BCUT2D eigenvalue weighted by atomic mass is 19.4. The molecule has 1 saturated heterocycles. The molecular weight excluding hydrogens is 315 g/mol. The molecule has 1 amide bonds. The lowest BCUT2D eigenvalue weighted by Gasteiger charge is -2.26. The first-order chi connectivity index (χ1) is 10.8. The first-order valence-corrected chi connectivity index (χ1v) is 7.08. The van der Waals surface area contributed by atoms with Crippen molar-refractivity contribution in [2.24, 2.45) is 0 Å². The van der Waals surface area contributed by atoms with E-state index in [0.29, 0.717) is 26.3 Å². The number of nitrogens with one attached hydrogen (secondary N) is 1. The number of nitrogens with zero attached hydrogens (tertiary/aromatic N) is 1. The molecule has 1 aromatic carbocycles. The van der Waals surface area contributed by atoms with Crippen molar-refractivity contribution < 1.29 is 27.4 Å². The number of nitrogen functional groups attached to an aromatic ring is 1. The van der Waals surface area contributed by atoms with Crippen molar-refractivity contribution in [3.05, 3.63) is 23.8 Å². The van der Waals surface area contributed by atoms with E-state index in [2.05, 4.69) is 15.0 Å². The van der Waals surface area contributed by atoms with Gasteiger partial charge >= 0.3 is 6.36 Å². The van der Waals surface area contributed by atoms with Crippen LogP contribution in [-0.2, 0) is 4.74 Å². The smallest absolute Gasteiger partial charge is 0.406 e. The topological polar surface area (TPSA) is 76.8 Å². The highest BCUT2D eigenvalue weighted by Crippen LogP contribution is 2.25. The zero-order valence-electron chi connectivity index (χ0n) is 12.4. The number of benzene rings is 1. The molecule has 2 rings (SSSR count). The molecule has 0 bridgehead atoms.